The fourth-order valence-electron chi connectivity index (χ4n) is 3.53. The first-order valence-corrected chi connectivity index (χ1v) is 9.32. The summed E-state index contributed by atoms with van der Waals surface area (Å²) in [5.74, 6) is 2.27. The highest BCUT2D eigenvalue weighted by Gasteiger charge is 2.32. The van der Waals surface area contributed by atoms with Gasteiger partial charge in [0.1, 0.15) is 28.9 Å². The summed E-state index contributed by atoms with van der Waals surface area (Å²) in [5, 5.41) is 2.59. The molecule has 2 aliphatic heterocycles. The molecule has 0 atom stereocenters. The third-order valence-corrected chi connectivity index (χ3v) is 4.87. The van der Waals surface area contributed by atoms with Gasteiger partial charge in [-0.15, -0.1) is 0 Å². The zero-order chi connectivity index (χ0) is 20.5. The van der Waals surface area contributed by atoms with Gasteiger partial charge in [0.25, 0.3) is 0 Å². The molecule has 0 saturated heterocycles. The number of ketones is 1. The lowest BCUT2D eigenvalue weighted by Gasteiger charge is -2.28. The van der Waals surface area contributed by atoms with Crippen molar-refractivity contribution < 1.29 is 14.3 Å². The Bertz CT molecular complexity index is 1060. The normalized spacial score (nSPS) is 14.5. The number of benzene rings is 1. The van der Waals surface area contributed by atoms with E-state index in [4.69, 9.17) is 9.73 Å². The first-order chi connectivity index (χ1) is 14.0. The lowest BCUT2D eigenvalue weighted by Crippen LogP contribution is -2.38. The maximum absolute atomic E-state index is 12.9. The molecule has 1 N–H and O–H groups in total. The third-order valence-electron chi connectivity index (χ3n) is 4.87. The number of anilines is 1. The molecule has 2 aliphatic rings. The molecular formula is C21H21N5O3. The number of carbonyl (C=O) groups is 2. The number of amidine groups is 2. The second-order valence-corrected chi connectivity index (χ2v) is 6.91. The third kappa shape index (κ3) is 3.49. The number of nitrogens with zero attached hydrogens (tertiary/aromatic N) is 4. The highest BCUT2D eigenvalue weighted by molar-refractivity contribution is 6.21. The quantitative estimate of drug-likeness (QED) is 0.791. The lowest BCUT2D eigenvalue weighted by atomic mass is 10.0. The summed E-state index contributed by atoms with van der Waals surface area (Å²) in [5.41, 5.74) is 3.07. The smallest absolute Gasteiger partial charge is 0.222 e. The topological polar surface area (TPSA) is 96.2 Å². The highest BCUT2D eigenvalue weighted by Crippen LogP contribution is 2.39. The molecule has 0 unspecified atom stereocenters. The van der Waals surface area contributed by atoms with E-state index >= 15 is 0 Å². The molecule has 29 heavy (non-hydrogen) atoms. The maximum atomic E-state index is 12.9. The van der Waals surface area contributed by atoms with Crippen molar-refractivity contribution in [3.05, 3.63) is 47.2 Å². The maximum Gasteiger partial charge on any atom is 0.222 e. The number of methoxy groups -OCH3 is 1. The van der Waals surface area contributed by atoms with Crippen LogP contribution in [0.5, 0.6) is 5.75 Å². The first kappa shape index (κ1) is 18.8. The summed E-state index contributed by atoms with van der Waals surface area (Å²) in [4.78, 5) is 39.5. The molecule has 1 amide bonds. The van der Waals surface area contributed by atoms with Crippen LogP contribution in [0.15, 0.2) is 40.4 Å². The van der Waals surface area contributed by atoms with Crippen LogP contribution in [-0.4, -0.2) is 53.4 Å². The van der Waals surface area contributed by atoms with Crippen molar-refractivity contribution >= 4 is 34.9 Å². The Kier molecular flexibility index (Phi) is 4.84. The Hall–Kier alpha value is -3.55. The highest BCUT2D eigenvalue weighted by atomic mass is 16.5. The molecule has 0 spiro atoms. The molecule has 1 aromatic heterocycles. The van der Waals surface area contributed by atoms with E-state index in [0.29, 0.717) is 41.7 Å². The van der Waals surface area contributed by atoms with Gasteiger partial charge in [-0.3, -0.25) is 14.6 Å². The number of amides is 1. The number of hydrogen-bond donors (Lipinski definition) is 1. The Balaban J connectivity index is 1.64. The zero-order valence-corrected chi connectivity index (χ0v) is 16.5. The van der Waals surface area contributed by atoms with Crippen LogP contribution in [-0.2, 0) is 4.79 Å². The summed E-state index contributed by atoms with van der Waals surface area (Å²) in [6.07, 6.45) is 1.59. The molecular weight excluding hydrogens is 370 g/mol. The molecule has 3 heterocycles. The molecule has 0 fully saturated rings. The molecule has 1 aromatic carbocycles. The van der Waals surface area contributed by atoms with Gasteiger partial charge in [0, 0.05) is 30.8 Å². The van der Waals surface area contributed by atoms with E-state index in [1.165, 1.54) is 13.1 Å². The van der Waals surface area contributed by atoms with Crippen molar-refractivity contribution in [3.63, 3.8) is 0 Å². The fourth-order valence-corrected chi connectivity index (χ4v) is 3.53. The van der Waals surface area contributed by atoms with Gasteiger partial charge in [0.05, 0.1) is 20.1 Å². The number of hydrogen-bond acceptors (Lipinski definition) is 7. The minimum atomic E-state index is -0.211. The largest absolute Gasteiger partial charge is 0.494 e. The van der Waals surface area contributed by atoms with E-state index in [2.05, 4.69) is 15.3 Å². The van der Waals surface area contributed by atoms with Gasteiger partial charge in [0.2, 0.25) is 5.91 Å². The predicted octanol–water partition coefficient (Wildman–Crippen LogP) is 2.74. The number of pyridine rings is 1. The van der Waals surface area contributed by atoms with Crippen LogP contribution in [0.4, 0.5) is 11.5 Å². The van der Waals surface area contributed by atoms with E-state index in [1.807, 2.05) is 24.0 Å². The van der Waals surface area contributed by atoms with E-state index in [1.54, 1.807) is 19.2 Å². The summed E-state index contributed by atoms with van der Waals surface area (Å²) in [6.45, 7) is 4.72. The second-order valence-electron chi connectivity index (χ2n) is 6.91. The number of rotatable bonds is 5. The van der Waals surface area contributed by atoms with Gasteiger partial charge >= 0.3 is 0 Å². The molecule has 8 heteroatoms. The molecule has 2 aromatic rings. The zero-order valence-electron chi connectivity index (χ0n) is 16.5. The van der Waals surface area contributed by atoms with Crippen molar-refractivity contribution in [1.82, 2.24) is 9.88 Å². The van der Waals surface area contributed by atoms with Crippen LogP contribution in [0.25, 0.3) is 0 Å². The van der Waals surface area contributed by atoms with Gasteiger partial charge in [-0.2, -0.15) is 0 Å². The number of Topliss-reactive ketones (excluding diaryl/α,β-unsaturated/α-hetero) is 1. The molecule has 148 valence electrons. The second kappa shape index (κ2) is 7.46. The van der Waals surface area contributed by atoms with E-state index in [-0.39, 0.29) is 18.1 Å². The molecule has 0 radical (unpaired) electrons. The number of aliphatic imine (C=N–C) groups is 2. The number of nitrogens with one attached hydrogen (secondary N) is 1. The van der Waals surface area contributed by atoms with Crippen molar-refractivity contribution in [2.45, 2.75) is 20.3 Å². The van der Waals surface area contributed by atoms with E-state index < -0.39 is 0 Å². The van der Waals surface area contributed by atoms with Gasteiger partial charge in [0.15, 0.2) is 5.78 Å². The Morgan fingerprint density at radius 2 is 2.07 bits per heavy atom. The van der Waals surface area contributed by atoms with Gasteiger partial charge in [-0.25, -0.2) is 9.98 Å². The summed E-state index contributed by atoms with van der Waals surface area (Å²) in [7, 11) is 1.62. The summed E-state index contributed by atoms with van der Waals surface area (Å²) < 4.78 is 5.56. The number of aryl methyl sites for hydroxylation is 1. The average molecular weight is 391 g/mol. The monoisotopic (exact) mass is 391 g/mol. The molecule has 0 aliphatic carbocycles. The van der Waals surface area contributed by atoms with Crippen LogP contribution in [0.3, 0.4) is 0 Å². The lowest BCUT2D eigenvalue weighted by molar-refractivity contribution is -0.114. The Morgan fingerprint density at radius 3 is 2.76 bits per heavy atom. The van der Waals surface area contributed by atoms with Crippen molar-refractivity contribution in [1.29, 1.82) is 0 Å². The number of carbonyl (C=O) groups excluding carboxylic acids is 2. The molecule has 0 bridgehead atoms. The van der Waals surface area contributed by atoms with Gasteiger partial charge in [-0.05, 0) is 30.7 Å². The van der Waals surface area contributed by atoms with Gasteiger partial charge < -0.3 is 15.0 Å². The standard InChI is InChI=1S/C21H21N5O3/c1-12-4-6-15-19(20(12)29-3)25-18(26-9-8-22-21(15)26)10-16(28)14-5-7-17(23-11-14)24-13(2)27/h4-7,11H,8-10H2,1-3H3,(H,23,24,27). The molecule has 4 rings (SSSR count). The SMILES string of the molecule is COc1c(C)ccc2c1N=C(CC(=O)c1ccc(NC(C)=O)nc1)N1CCN=C21. The molecule has 0 saturated carbocycles. The Labute approximate surface area is 168 Å². The van der Waals surface area contributed by atoms with Gasteiger partial charge in [-0.1, -0.05) is 6.07 Å². The minimum absolute atomic E-state index is 0.105. The number of fused-ring (bicyclic) bond motifs is 3. The fraction of sp³-hybridized carbons (Fsp3) is 0.286. The first-order valence-electron chi connectivity index (χ1n) is 9.32. The number of aromatic nitrogens is 1. The van der Waals surface area contributed by atoms with Crippen molar-refractivity contribution in [2.75, 3.05) is 25.5 Å². The van der Waals surface area contributed by atoms with Crippen molar-refractivity contribution in [3.8, 4) is 5.75 Å². The van der Waals surface area contributed by atoms with Crippen LogP contribution < -0.4 is 10.1 Å². The van der Waals surface area contributed by atoms with Crippen LogP contribution in [0.2, 0.25) is 0 Å². The number of ether oxygens (including phenoxy) is 1. The van der Waals surface area contributed by atoms with Crippen molar-refractivity contribution in [2.24, 2.45) is 9.98 Å². The van der Waals surface area contributed by atoms with E-state index in [0.717, 1.165) is 17.0 Å². The van der Waals surface area contributed by atoms with Crippen LogP contribution >= 0.6 is 0 Å². The molecule has 8 nitrogen and oxygen atoms in total. The van der Waals surface area contributed by atoms with Crippen LogP contribution in [0, 0.1) is 6.92 Å². The Morgan fingerprint density at radius 1 is 1.24 bits per heavy atom. The summed E-state index contributed by atoms with van der Waals surface area (Å²) >= 11 is 0. The van der Waals surface area contributed by atoms with E-state index in [9.17, 15) is 9.59 Å². The summed E-state index contributed by atoms with van der Waals surface area (Å²) in [6, 6.07) is 7.26. The minimum Gasteiger partial charge on any atom is -0.494 e. The average Bonchev–Trinajstić information content (AvgIpc) is 3.18. The van der Waals surface area contributed by atoms with Crippen LogP contribution in [0.1, 0.15) is 34.8 Å². The predicted molar refractivity (Wildman–Crippen MR) is 110 cm³/mol.